The van der Waals surface area contributed by atoms with Crippen LogP contribution in [0.1, 0.15) is 10.4 Å². The van der Waals surface area contributed by atoms with Gasteiger partial charge in [0.25, 0.3) is 0 Å². The number of rotatable bonds is 4. The maximum absolute atomic E-state index is 13.0. The van der Waals surface area contributed by atoms with Crippen molar-refractivity contribution < 1.29 is 9.18 Å². The van der Waals surface area contributed by atoms with Crippen LogP contribution in [0, 0.1) is 5.82 Å². The number of carbonyl (C=O) groups is 1. The van der Waals surface area contributed by atoms with Crippen LogP contribution in [0.3, 0.4) is 0 Å². The normalized spacial score (nSPS) is 13.7. The fourth-order valence-electron chi connectivity index (χ4n) is 2.25. The molecule has 0 amide bonds. The molecule has 1 heterocycles. The van der Waals surface area contributed by atoms with Gasteiger partial charge in [0.2, 0.25) is 0 Å². The zero-order chi connectivity index (χ0) is 16.2. The summed E-state index contributed by atoms with van der Waals surface area (Å²) in [5.74, 6) is 0.512. The summed E-state index contributed by atoms with van der Waals surface area (Å²) in [4.78, 5) is 18.9. The van der Waals surface area contributed by atoms with E-state index in [-0.39, 0.29) is 18.1 Å². The fraction of sp³-hybridized carbons (Fsp3) is 0.176. The van der Waals surface area contributed by atoms with Crippen LogP contribution in [-0.2, 0) is 0 Å². The summed E-state index contributed by atoms with van der Waals surface area (Å²) >= 11 is 5.06. The first kappa shape index (κ1) is 16.2. The Bertz CT molecular complexity index is 731. The van der Waals surface area contributed by atoms with Gasteiger partial charge >= 0.3 is 0 Å². The molecule has 23 heavy (non-hydrogen) atoms. The molecule has 3 rings (SSSR count). The van der Waals surface area contributed by atoms with Gasteiger partial charge in [0.15, 0.2) is 11.0 Å². The average molecular weight is 393 g/mol. The van der Waals surface area contributed by atoms with Gasteiger partial charge in [-0.25, -0.2) is 4.39 Å². The Morgan fingerprint density at radius 2 is 1.87 bits per heavy atom. The van der Waals surface area contributed by atoms with Crippen molar-refractivity contribution in [3.05, 3.63) is 64.4 Å². The molecule has 0 N–H and O–H groups in total. The lowest BCUT2D eigenvalue weighted by atomic mass is 10.1. The Kier molecular flexibility index (Phi) is 5.13. The number of anilines is 1. The lowest BCUT2D eigenvalue weighted by molar-refractivity contribution is 0.100. The van der Waals surface area contributed by atoms with Crippen molar-refractivity contribution in [1.29, 1.82) is 0 Å². The molecular weight excluding hydrogens is 379 g/mol. The van der Waals surface area contributed by atoms with Gasteiger partial charge in [0.05, 0.1) is 13.1 Å². The minimum atomic E-state index is -0.345. The molecule has 2 aromatic rings. The van der Waals surface area contributed by atoms with Crippen LogP contribution >= 0.6 is 27.7 Å². The number of thioether (sulfide) groups is 1. The molecule has 2 aromatic carbocycles. The van der Waals surface area contributed by atoms with E-state index in [4.69, 9.17) is 0 Å². The van der Waals surface area contributed by atoms with E-state index in [1.54, 1.807) is 11.8 Å². The second-order valence-electron chi connectivity index (χ2n) is 5.01. The second-order valence-corrected chi connectivity index (χ2v) is 6.98. The number of nitrogens with zero attached hydrogens (tertiary/aromatic N) is 2. The Labute approximate surface area is 146 Å². The van der Waals surface area contributed by atoms with E-state index in [2.05, 4.69) is 20.9 Å². The topological polar surface area (TPSA) is 32.7 Å². The summed E-state index contributed by atoms with van der Waals surface area (Å²) in [6, 6.07) is 13.4. The first-order chi connectivity index (χ1) is 11.1. The maximum atomic E-state index is 13.0. The van der Waals surface area contributed by atoms with Crippen LogP contribution < -0.4 is 4.90 Å². The third-order valence-corrected chi connectivity index (χ3v) is 4.93. The summed E-state index contributed by atoms with van der Waals surface area (Å²) in [7, 11) is 0. The van der Waals surface area contributed by atoms with E-state index >= 15 is 0 Å². The van der Waals surface area contributed by atoms with E-state index < -0.39 is 0 Å². The van der Waals surface area contributed by atoms with Gasteiger partial charge in [-0.1, -0.05) is 27.7 Å². The molecule has 0 bridgehead atoms. The molecule has 0 aliphatic carbocycles. The van der Waals surface area contributed by atoms with Gasteiger partial charge < -0.3 is 4.90 Å². The predicted octanol–water partition coefficient (Wildman–Crippen LogP) is 4.38. The van der Waals surface area contributed by atoms with Crippen molar-refractivity contribution in [3.63, 3.8) is 0 Å². The van der Waals surface area contributed by atoms with Gasteiger partial charge in [-0.05, 0) is 48.5 Å². The summed E-state index contributed by atoms with van der Waals surface area (Å²) in [5, 5.41) is 0.850. The number of amidine groups is 1. The molecule has 0 saturated carbocycles. The molecule has 0 spiro atoms. The summed E-state index contributed by atoms with van der Waals surface area (Å²) in [6.07, 6.45) is 0. The third kappa shape index (κ3) is 4.00. The van der Waals surface area contributed by atoms with E-state index in [0.29, 0.717) is 5.56 Å². The number of halogens is 2. The van der Waals surface area contributed by atoms with Crippen molar-refractivity contribution in [2.24, 2.45) is 4.99 Å². The molecule has 1 aliphatic heterocycles. The molecule has 0 saturated heterocycles. The van der Waals surface area contributed by atoms with Gasteiger partial charge in [0.1, 0.15) is 5.82 Å². The first-order valence-corrected chi connectivity index (χ1v) is 8.90. The molecule has 0 atom stereocenters. The monoisotopic (exact) mass is 392 g/mol. The summed E-state index contributed by atoms with van der Waals surface area (Å²) in [6.45, 7) is 0.941. The quantitative estimate of drug-likeness (QED) is 0.723. The van der Waals surface area contributed by atoms with Crippen LogP contribution in [0.5, 0.6) is 0 Å². The Morgan fingerprint density at radius 1 is 1.17 bits per heavy atom. The van der Waals surface area contributed by atoms with Crippen molar-refractivity contribution >= 4 is 44.3 Å². The molecule has 0 aromatic heterocycles. The molecule has 3 nitrogen and oxygen atoms in total. The van der Waals surface area contributed by atoms with Crippen LogP contribution in [-0.4, -0.2) is 29.8 Å². The highest BCUT2D eigenvalue weighted by Crippen LogP contribution is 2.25. The molecule has 0 radical (unpaired) electrons. The van der Waals surface area contributed by atoms with Crippen molar-refractivity contribution in [2.45, 2.75) is 0 Å². The number of aliphatic imine (C=N–C) groups is 1. The van der Waals surface area contributed by atoms with Gasteiger partial charge in [-0.2, -0.15) is 0 Å². The highest BCUT2D eigenvalue weighted by atomic mass is 79.9. The molecule has 0 unspecified atom stereocenters. The fourth-order valence-corrected chi connectivity index (χ4v) is 3.39. The number of carbonyl (C=O) groups excluding carboxylic acids is 1. The van der Waals surface area contributed by atoms with Crippen molar-refractivity contribution in [2.75, 3.05) is 23.7 Å². The minimum absolute atomic E-state index is 0.0666. The predicted molar refractivity (Wildman–Crippen MR) is 97.0 cm³/mol. The molecule has 0 fully saturated rings. The number of hydrogen-bond acceptors (Lipinski definition) is 4. The average Bonchev–Trinajstić information content (AvgIpc) is 3.08. The van der Waals surface area contributed by atoms with Gasteiger partial charge in [-0.15, -0.1) is 0 Å². The lowest BCUT2D eigenvalue weighted by Gasteiger charge is -2.23. The smallest absolute Gasteiger partial charge is 0.182 e. The standard InChI is InChI=1S/C17H14BrFN2OS/c18-13-3-7-15(8-4-13)21(17-20-9-10-23-17)11-16(22)12-1-5-14(19)6-2-12/h1-8H,9-11H2. The van der Waals surface area contributed by atoms with E-state index in [9.17, 15) is 9.18 Å². The Morgan fingerprint density at radius 3 is 2.48 bits per heavy atom. The lowest BCUT2D eigenvalue weighted by Crippen LogP contribution is -2.33. The SMILES string of the molecule is O=C(CN(C1=NCCS1)c1ccc(Br)cc1)c1ccc(F)cc1. The largest absolute Gasteiger partial charge is 0.313 e. The molecule has 6 heteroatoms. The van der Waals surface area contributed by atoms with Crippen molar-refractivity contribution in [1.82, 2.24) is 0 Å². The van der Waals surface area contributed by atoms with E-state index in [1.807, 2.05) is 29.2 Å². The zero-order valence-corrected chi connectivity index (χ0v) is 14.6. The van der Waals surface area contributed by atoms with Crippen LogP contribution in [0.15, 0.2) is 58.0 Å². The van der Waals surface area contributed by atoms with Crippen LogP contribution in [0.2, 0.25) is 0 Å². The van der Waals surface area contributed by atoms with E-state index in [0.717, 1.165) is 27.6 Å². The maximum Gasteiger partial charge on any atom is 0.182 e. The summed E-state index contributed by atoms with van der Waals surface area (Å²) in [5.41, 5.74) is 1.41. The number of ketones is 1. The van der Waals surface area contributed by atoms with Crippen LogP contribution in [0.4, 0.5) is 10.1 Å². The minimum Gasteiger partial charge on any atom is -0.313 e. The van der Waals surface area contributed by atoms with Crippen molar-refractivity contribution in [3.8, 4) is 0 Å². The third-order valence-electron chi connectivity index (χ3n) is 3.41. The van der Waals surface area contributed by atoms with Gasteiger partial charge in [0, 0.05) is 21.5 Å². The highest BCUT2D eigenvalue weighted by molar-refractivity contribution is 9.10. The number of Topliss-reactive ketones (excluding diaryl/α,β-unsaturated/α-hetero) is 1. The molecule has 118 valence electrons. The Hall–Kier alpha value is -1.66. The Balaban J connectivity index is 1.85. The summed E-state index contributed by atoms with van der Waals surface area (Å²) < 4.78 is 14.0. The number of benzene rings is 2. The second kappa shape index (κ2) is 7.27. The highest BCUT2D eigenvalue weighted by Gasteiger charge is 2.21. The molecule has 1 aliphatic rings. The van der Waals surface area contributed by atoms with Crippen LogP contribution in [0.25, 0.3) is 0 Å². The molecular formula is C17H14BrFN2OS. The first-order valence-electron chi connectivity index (χ1n) is 7.12. The van der Waals surface area contributed by atoms with E-state index in [1.165, 1.54) is 24.3 Å². The van der Waals surface area contributed by atoms with Gasteiger partial charge in [-0.3, -0.25) is 9.79 Å². The zero-order valence-electron chi connectivity index (χ0n) is 12.2. The number of hydrogen-bond donors (Lipinski definition) is 0.